The third kappa shape index (κ3) is 4.27. The molecule has 3 aromatic carbocycles. The molecule has 3 aromatic rings. The van der Waals surface area contributed by atoms with Crippen molar-refractivity contribution in [3.8, 4) is 0 Å². The number of para-hydroxylation sites is 1. The Morgan fingerprint density at radius 1 is 0.923 bits per heavy atom. The smallest absolute Gasteiger partial charge is 0.271 e. The molecule has 0 aliphatic rings. The molecule has 130 valence electrons. The predicted octanol–water partition coefficient (Wildman–Crippen LogP) is 3.80. The zero-order valence-corrected chi connectivity index (χ0v) is 14.5. The fraction of sp³-hybridized carbons (Fsp3) is 0.0476. The molecular formula is C21H20N4O. The summed E-state index contributed by atoms with van der Waals surface area (Å²) < 4.78 is 0. The molecule has 5 heteroatoms. The van der Waals surface area contributed by atoms with E-state index in [1.165, 1.54) is 0 Å². The lowest BCUT2D eigenvalue weighted by Gasteiger charge is -2.19. The van der Waals surface area contributed by atoms with Gasteiger partial charge in [-0.1, -0.05) is 30.3 Å². The van der Waals surface area contributed by atoms with Gasteiger partial charge in [0.25, 0.3) is 5.91 Å². The van der Waals surface area contributed by atoms with Crippen LogP contribution in [-0.2, 0) is 0 Å². The molecule has 26 heavy (non-hydrogen) atoms. The van der Waals surface area contributed by atoms with Crippen molar-refractivity contribution in [3.05, 3.63) is 90.0 Å². The molecule has 0 heterocycles. The van der Waals surface area contributed by atoms with Gasteiger partial charge in [0.2, 0.25) is 0 Å². The van der Waals surface area contributed by atoms with Gasteiger partial charge in [-0.3, -0.25) is 4.79 Å². The Hall–Kier alpha value is -3.60. The Bertz CT molecular complexity index is 888. The summed E-state index contributed by atoms with van der Waals surface area (Å²) in [6.45, 7) is 0. The van der Waals surface area contributed by atoms with Gasteiger partial charge in [-0.25, -0.2) is 5.43 Å². The summed E-state index contributed by atoms with van der Waals surface area (Å²) in [5.41, 5.74) is 12.3. The van der Waals surface area contributed by atoms with Gasteiger partial charge in [-0.05, 0) is 54.1 Å². The summed E-state index contributed by atoms with van der Waals surface area (Å²) in [6, 6.07) is 24.7. The van der Waals surface area contributed by atoms with Crippen molar-refractivity contribution in [2.45, 2.75) is 0 Å². The van der Waals surface area contributed by atoms with Crippen LogP contribution in [-0.4, -0.2) is 19.2 Å². The third-order valence-corrected chi connectivity index (χ3v) is 3.98. The first-order valence-electron chi connectivity index (χ1n) is 8.21. The van der Waals surface area contributed by atoms with Crippen LogP contribution in [0.25, 0.3) is 0 Å². The number of carbonyl (C=O) groups is 1. The molecule has 0 radical (unpaired) electrons. The summed E-state index contributed by atoms with van der Waals surface area (Å²) >= 11 is 0. The first-order chi connectivity index (χ1) is 12.6. The number of nitrogens with two attached hydrogens (primary N) is 1. The lowest BCUT2D eigenvalue weighted by atomic mass is 10.2. The number of anilines is 3. The first-order valence-corrected chi connectivity index (χ1v) is 8.21. The van der Waals surface area contributed by atoms with Crippen LogP contribution in [0.15, 0.2) is 84.0 Å². The number of nitrogens with one attached hydrogen (secondary N) is 1. The topological polar surface area (TPSA) is 70.7 Å². The van der Waals surface area contributed by atoms with E-state index in [-0.39, 0.29) is 5.91 Å². The molecule has 3 rings (SSSR count). The standard InChI is InChI=1S/C21H20N4O/c1-25(19-5-3-2-4-6-19)20-13-7-16(8-14-20)15-23-24-21(26)17-9-11-18(22)12-10-17/h2-15H,22H2,1H3,(H,24,26)/b23-15-. The van der Waals surface area contributed by atoms with E-state index in [9.17, 15) is 4.79 Å². The molecule has 5 nitrogen and oxygen atoms in total. The van der Waals surface area contributed by atoms with E-state index in [4.69, 9.17) is 5.73 Å². The highest BCUT2D eigenvalue weighted by atomic mass is 16.2. The second-order valence-corrected chi connectivity index (χ2v) is 5.81. The maximum absolute atomic E-state index is 12.0. The maximum Gasteiger partial charge on any atom is 0.271 e. The highest BCUT2D eigenvalue weighted by Crippen LogP contribution is 2.22. The molecule has 0 aromatic heterocycles. The zero-order valence-electron chi connectivity index (χ0n) is 14.5. The molecular weight excluding hydrogens is 324 g/mol. The molecule has 0 saturated heterocycles. The van der Waals surface area contributed by atoms with E-state index >= 15 is 0 Å². The molecule has 0 fully saturated rings. The molecule has 3 N–H and O–H groups in total. The molecule has 0 unspecified atom stereocenters. The lowest BCUT2D eigenvalue weighted by Crippen LogP contribution is -2.17. The highest BCUT2D eigenvalue weighted by molar-refractivity contribution is 5.95. The number of benzene rings is 3. The van der Waals surface area contributed by atoms with Crippen molar-refractivity contribution >= 4 is 29.2 Å². The number of nitrogen functional groups attached to an aromatic ring is 1. The number of nitrogens with zero attached hydrogens (tertiary/aromatic N) is 2. The Morgan fingerprint density at radius 3 is 2.19 bits per heavy atom. The monoisotopic (exact) mass is 344 g/mol. The Labute approximate surface area is 152 Å². The van der Waals surface area contributed by atoms with Gasteiger partial charge in [-0.15, -0.1) is 0 Å². The molecule has 0 spiro atoms. The second-order valence-electron chi connectivity index (χ2n) is 5.81. The van der Waals surface area contributed by atoms with Crippen molar-refractivity contribution in [1.29, 1.82) is 0 Å². The predicted molar refractivity (Wildman–Crippen MR) is 107 cm³/mol. The average Bonchev–Trinajstić information content (AvgIpc) is 2.69. The van der Waals surface area contributed by atoms with E-state index in [0.717, 1.165) is 16.9 Å². The molecule has 0 bridgehead atoms. The van der Waals surface area contributed by atoms with Crippen LogP contribution >= 0.6 is 0 Å². The number of hydrogen-bond acceptors (Lipinski definition) is 4. The fourth-order valence-corrected chi connectivity index (χ4v) is 2.45. The number of hydrazone groups is 1. The van der Waals surface area contributed by atoms with Gasteiger partial charge in [0.05, 0.1) is 6.21 Å². The Kier molecular flexibility index (Phi) is 5.29. The van der Waals surface area contributed by atoms with E-state index in [1.807, 2.05) is 49.5 Å². The van der Waals surface area contributed by atoms with Gasteiger partial charge in [-0.2, -0.15) is 5.10 Å². The molecule has 0 atom stereocenters. The number of amides is 1. The molecule has 1 amide bonds. The summed E-state index contributed by atoms with van der Waals surface area (Å²) in [5, 5.41) is 4.00. The largest absolute Gasteiger partial charge is 0.399 e. The normalized spacial score (nSPS) is 10.7. The minimum Gasteiger partial charge on any atom is -0.399 e. The summed E-state index contributed by atoms with van der Waals surface area (Å²) in [4.78, 5) is 14.1. The van der Waals surface area contributed by atoms with Gasteiger partial charge in [0.1, 0.15) is 0 Å². The van der Waals surface area contributed by atoms with Crippen molar-refractivity contribution in [2.24, 2.45) is 5.10 Å². The van der Waals surface area contributed by atoms with E-state index in [0.29, 0.717) is 11.3 Å². The van der Waals surface area contributed by atoms with Crippen LogP contribution in [0.2, 0.25) is 0 Å². The number of hydrogen-bond donors (Lipinski definition) is 2. The average molecular weight is 344 g/mol. The molecule has 0 aliphatic heterocycles. The highest BCUT2D eigenvalue weighted by Gasteiger charge is 2.04. The summed E-state index contributed by atoms with van der Waals surface area (Å²) in [5.74, 6) is -0.276. The van der Waals surface area contributed by atoms with Gasteiger partial charge < -0.3 is 10.6 Å². The first kappa shape index (κ1) is 17.2. The molecule has 0 saturated carbocycles. The van der Waals surface area contributed by atoms with Crippen LogP contribution in [0.4, 0.5) is 17.1 Å². The number of carbonyl (C=O) groups excluding carboxylic acids is 1. The van der Waals surface area contributed by atoms with Gasteiger partial charge in [0, 0.05) is 29.7 Å². The van der Waals surface area contributed by atoms with Gasteiger partial charge in [0.15, 0.2) is 0 Å². The van der Waals surface area contributed by atoms with Crippen molar-refractivity contribution in [3.63, 3.8) is 0 Å². The second kappa shape index (κ2) is 7.98. The minimum absolute atomic E-state index is 0.276. The van der Waals surface area contributed by atoms with Crippen LogP contribution in [0, 0.1) is 0 Å². The quantitative estimate of drug-likeness (QED) is 0.420. The lowest BCUT2D eigenvalue weighted by molar-refractivity contribution is 0.0955. The van der Waals surface area contributed by atoms with Crippen LogP contribution in [0.3, 0.4) is 0 Å². The van der Waals surface area contributed by atoms with E-state index in [1.54, 1.807) is 30.5 Å². The van der Waals surface area contributed by atoms with E-state index in [2.05, 4.69) is 27.6 Å². The van der Waals surface area contributed by atoms with Crippen LogP contribution in [0.5, 0.6) is 0 Å². The summed E-state index contributed by atoms with van der Waals surface area (Å²) in [7, 11) is 2.02. The number of rotatable bonds is 5. The maximum atomic E-state index is 12.0. The van der Waals surface area contributed by atoms with E-state index < -0.39 is 0 Å². The molecule has 0 aliphatic carbocycles. The Balaban J connectivity index is 1.61. The third-order valence-electron chi connectivity index (χ3n) is 3.98. The Morgan fingerprint density at radius 2 is 1.54 bits per heavy atom. The van der Waals surface area contributed by atoms with Crippen molar-refractivity contribution in [2.75, 3.05) is 17.7 Å². The van der Waals surface area contributed by atoms with Gasteiger partial charge >= 0.3 is 0 Å². The fourth-order valence-electron chi connectivity index (χ4n) is 2.45. The van der Waals surface area contributed by atoms with Crippen molar-refractivity contribution < 1.29 is 4.79 Å². The van der Waals surface area contributed by atoms with Crippen LogP contribution < -0.4 is 16.1 Å². The SMILES string of the molecule is CN(c1ccccc1)c1ccc(/C=N\NC(=O)c2ccc(N)cc2)cc1. The minimum atomic E-state index is -0.276. The summed E-state index contributed by atoms with van der Waals surface area (Å²) in [6.07, 6.45) is 1.61. The van der Waals surface area contributed by atoms with Crippen LogP contribution in [0.1, 0.15) is 15.9 Å². The van der Waals surface area contributed by atoms with Crippen molar-refractivity contribution in [1.82, 2.24) is 5.43 Å². The zero-order chi connectivity index (χ0) is 18.4.